The first-order chi connectivity index (χ1) is 7.07. The van der Waals surface area contributed by atoms with Crippen molar-refractivity contribution < 1.29 is 19.6 Å². The lowest BCUT2D eigenvalue weighted by Crippen LogP contribution is -2.37. The first-order valence-electron chi connectivity index (χ1n) is 4.90. The molecule has 0 saturated carbocycles. The van der Waals surface area contributed by atoms with E-state index in [1.807, 2.05) is 0 Å². The van der Waals surface area contributed by atoms with Crippen LogP contribution in [-0.2, 0) is 9.53 Å². The first-order valence-corrected chi connectivity index (χ1v) is 4.90. The monoisotopic (exact) mass is 210 g/mol. The molecule has 0 aromatic carbocycles. The number of hydrogen-bond donors (Lipinski definition) is 2. The SMILES string of the molecule is C=CCO[C@H]1CC=C(B(O)O)C(=O)[C@H]1C. The van der Waals surface area contributed by atoms with Crippen LogP contribution in [0.2, 0.25) is 0 Å². The van der Waals surface area contributed by atoms with E-state index in [9.17, 15) is 4.79 Å². The summed E-state index contributed by atoms with van der Waals surface area (Å²) in [6, 6.07) is 0. The van der Waals surface area contributed by atoms with Gasteiger partial charge in [0.25, 0.3) is 0 Å². The molecular formula is C10H15BO4. The van der Waals surface area contributed by atoms with E-state index in [2.05, 4.69) is 6.58 Å². The highest BCUT2D eigenvalue weighted by Crippen LogP contribution is 2.23. The number of carbonyl (C=O) groups excluding carboxylic acids is 1. The smallest absolute Gasteiger partial charge is 0.423 e. The first kappa shape index (κ1) is 12.2. The normalized spacial score (nSPS) is 26.1. The Morgan fingerprint density at radius 3 is 2.93 bits per heavy atom. The van der Waals surface area contributed by atoms with Crippen molar-refractivity contribution in [3.05, 3.63) is 24.2 Å². The molecule has 1 rings (SSSR count). The third-order valence-electron chi connectivity index (χ3n) is 2.53. The van der Waals surface area contributed by atoms with Gasteiger partial charge in [-0.2, -0.15) is 0 Å². The zero-order valence-corrected chi connectivity index (χ0v) is 8.72. The molecule has 4 nitrogen and oxygen atoms in total. The van der Waals surface area contributed by atoms with Crippen LogP contribution in [0.1, 0.15) is 13.3 Å². The molecule has 2 N–H and O–H groups in total. The predicted molar refractivity (Wildman–Crippen MR) is 57.0 cm³/mol. The Kier molecular flexibility index (Phi) is 4.26. The van der Waals surface area contributed by atoms with Crippen LogP contribution in [0.3, 0.4) is 0 Å². The summed E-state index contributed by atoms with van der Waals surface area (Å²) < 4.78 is 5.40. The zero-order chi connectivity index (χ0) is 11.4. The summed E-state index contributed by atoms with van der Waals surface area (Å²) in [5.74, 6) is -0.600. The van der Waals surface area contributed by atoms with Crippen LogP contribution in [0.5, 0.6) is 0 Å². The van der Waals surface area contributed by atoms with Gasteiger partial charge in [0.15, 0.2) is 5.78 Å². The molecule has 0 amide bonds. The Balaban J connectivity index is 2.70. The largest absolute Gasteiger partial charge is 0.491 e. The Morgan fingerprint density at radius 1 is 1.73 bits per heavy atom. The molecule has 0 heterocycles. The summed E-state index contributed by atoms with van der Waals surface area (Å²) in [6.07, 6.45) is 3.48. The fourth-order valence-corrected chi connectivity index (χ4v) is 1.62. The van der Waals surface area contributed by atoms with Gasteiger partial charge in [-0.3, -0.25) is 4.79 Å². The molecule has 0 aromatic heterocycles. The Morgan fingerprint density at radius 2 is 2.40 bits per heavy atom. The lowest BCUT2D eigenvalue weighted by atomic mass is 9.69. The van der Waals surface area contributed by atoms with Crippen LogP contribution in [0, 0.1) is 5.92 Å². The molecular weight excluding hydrogens is 195 g/mol. The molecule has 5 heteroatoms. The molecule has 2 atom stereocenters. The number of allylic oxidation sites excluding steroid dienone is 1. The Bertz CT molecular complexity index is 285. The van der Waals surface area contributed by atoms with Gasteiger partial charge in [-0.1, -0.05) is 19.1 Å². The quantitative estimate of drug-likeness (QED) is 0.510. The van der Waals surface area contributed by atoms with Crippen LogP contribution in [0.15, 0.2) is 24.2 Å². The molecule has 0 spiro atoms. The standard InChI is InChI=1S/C10H15BO4/c1-3-6-15-9-5-4-8(11(13)14)10(12)7(9)2/h3-4,7,9,13-14H,1,5-6H2,2H3/t7-,9-/m0/s1. The number of ether oxygens (including phenoxy) is 1. The van der Waals surface area contributed by atoms with Crippen LogP contribution >= 0.6 is 0 Å². The summed E-state index contributed by atoms with van der Waals surface area (Å²) in [7, 11) is -1.68. The average Bonchev–Trinajstić information content (AvgIpc) is 2.20. The molecule has 15 heavy (non-hydrogen) atoms. The summed E-state index contributed by atoms with van der Waals surface area (Å²) in [4.78, 5) is 11.6. The third kappa shape index (κ3) is 2.78. The van der Waals surface area contributed by atoms with E-state index < -0.39 is 7.12 Å². The van der Waals surface area contributed by atoms with Gasteiger partial charge in [-0.25, -0.2) is 0 Å². The van der Waals surface area contributed by atoms with Gasteiger partial charge in [0.1, 0.15) is 0 Å². The predicted octanol–water partition coefficient (Wildman–Crippen LogP) is 0.105. The van der Waals surface area contributed by atoms with E-state index in [-0.39, 0.29) is 23.3 Å². The molecule has 1 aliphatic rings. The van der Waals surface area contributed by atoms with Crippen molar-refractivity contribution in [1.82, 2.24) is 0 Å². The van der Waals surface area contributed by atoms with Gasteiger partial charge >= 0.3 is 7.12 Å². The molecule has 0 unspecified atom stereocenters. The number of hydrogen-bond acceptors (Lipinski definition) is 4. The highest BCUT2D eigenvalue weighted by atomic mass is 16.5. The Hall–Kier alpha value is -0.905. The molecule has 0 radical (unpaired) electrons. The molecule has 0 aliphatic heterocycles. The molecule has 0 fully saturated rings. The lowest BCUT2D eigenvalue weighted by molar-refractivity contribution is -0.123. The zero-order valence-electron chi connectivity index (χ0n) is 8.72. The van der Waals surface area contributed by atoms with Crippen molar-refractivity contribution in [3.8, 4) is 0 Å². The fraction of sp³-hybridized carbons (Fsp3) is 0.500. The maximum absolute atomic E-state index is 11.6. The highest BCUT2D eigenvalue weighted by molar-refractivity contribution is 6.59. The summed E-state index contributed by atoms with van der Waals surface area (Å²) in [5.41, 5.74) is 0.0703. The van der Waals surface area contributed by atoms with E-state index in [0.717, 1.165) is 0 Å². The minimum Gasteiger partial charge on any atom is -0.423 e. The Labute approximate surface area is 89.4 Å². The van der Waals surface area contributed by atoms with Gasteiger partial charge in [0.05, 0.1) is 12.7 Å². The second kappa shape index (κ2) is 5.25. The minimum atomic E-state index is -1.68. The number of Topliss-reactive ketones (excluding diaryl/α,β-unsaturated/α-hetero) is 1. The second-order valence-electron chi connectivity index (χ2n) is 3.58. The van der Waals surface area contributed by atoms with Gasteiger partial charge in [0, 0.05) is 11.4 Å². The van der Waals surface area contributed by atoms with Gasteiger partial charge in [-0.05, 0) is 6.42 Å². The summed E-state index contributed by atoms with van der Waals surface area (Å²) >= 11 is 0. The minimum absolute atomic E-state index is 0.0703. The van der Waals surface area contributed by atoms with Crippen molar-refractivity contribution in [3.63, 3.8) is 0 Å². The molecule has 0 bridgehead atoms. The van der Waals surface area contributed by atoms with Crippen LogP contribution in [-0.4, -0.2) is 35.7 Å². The molecule has 1 aliphatic carbocycles. The van der Waals surface area contributed by atoms with E-state index in [0.29, 0.717) is 13.0 Å². The van der Waals surface area contributed by atoms with Crippen molar-refractivity contribution >= 4 is 12.9 Å². The third-order valence-corrected chi connectivity index (χ3v) is 2.53. The second-order valence-corrected chi connectivity index (χ2v) is 3.58. The number of carbonyl (C=O) groups is 1. The molecule has 0 saturated heterocycles. The van der Waals surface area contributed by atoms with Gasteiger partial charge in [-0.15, -0.1) is 6.58 Å². The van der Waals surface area contributed by atoms with Gasteiger partial charge in [0.2, 0.25) is 0 Å². The van der Waals surface area contributed by atoms with Crippen molar-refractivity contribution in [2.45, 2.75) is 19.4 Å². The van der Waals surface area contributed by atoms with Crippen molar-refractivity contribution in [1.29, 1.82) is 0 Å². The average molecular weight is 210 g/mol. The van der Waals surface area contributed by atoms with Crippen molar-refractivity contribution in [2.75, 3.05) is 6.61 Å². The highest BCUT2D eigenvalue weighted by Gasteiger charge is 2.34. The fourth-order valence-electron chi connectivity index (χ4n) is 1.62. The van der Waals surface area contributed by atoms with E-state index in [1.54, 1.807) is 13.0 Å². The molecule has 0 aromatic rings. The lowest BCUT2D eigenvalue weighted by Gasteiger charge is -2.27. The molecule has 82 valence electrons. The van der Waals surface area contributed by atoms with Crippen LogP contribution in [0.4, 0.5) is 0 Å². The maximum Gasteiger partial charge on any atom is 0.491 e. The topological polar surface area (TPSA) is 66.8 Å². The van der Waals surface area contributed by atoms with E-state index >= 15 is 0 Å². The number of rotatable bonds is 4. The van der Waals surface area contributed by atoms with Crippen LogP contribution in [0.25, 0.3) is 0 Å². The van der Waals surface area contributed by atoms with Gasteiger partial charge < -0.3 is 14.8 Å². The maximum atomic E-state index is 11.6. The van der Waals surface area contributed by atoms with E-state index in [4.69, 9.17) is 14.8 Å². The number of ketones is 1. The van der Waals surface area contributed by atoms with Crippen LogP contribution < -0.4 is 0 Å². The van der Waals surface area contributed by atoms with Crippen molar-refractivity contribution in [2.24, 2.45) is 5.92 Å². The summed E-state index contributed by atoms with van der Waals surface area (Å²) in [6.45, 7) is 5.65. The van der Waals surface area contributed by atoms with E-state index in [1.165, 1.54) is 6.08 Å². The summed E-state index contributed by atoms with van der Waals surface area (Å²) in [5, 5.41) is 17.9.